The van der Waals surface area contributed by atoms with Crippen LogP contribution in [0, 0.1) is 13.8 Å². The van der Waals surface area contributed by atoms with Crippen molar-refractivity contribution in [2.24, 2.45) is 0 Å². The van der Waals surface area contributed by atoms with Crippen molar-refractivity contribution in [3.05, 3.63) is 52.0 Å². The summed E-state index contributed by atoms with van der Waals surface area (Å²) in [6.45, 7) is 4.06. The smallest absolute Gasteiger partial charge is 0.151 e. The van der Waals surface area contributed by atoms with Gasteiger partial charge in [-0.05, 0) is 43.2 Å². The zero-order chi connectivity index (χ0) is 15.1. The molecule has 0 fully saturated rings. The standard InChI is InChI=1S/C17H15BrO2S/c1-10-8-11(2)15-14(9-10)17(21(3)19)16(20-15)12-4-6-13(18)7-5-12/h4-9H,1-3H3/t21-/m1/s1. The molecule has 0 spiro atoms. The van der Waals surface area contributed by atoms with E-state index in [0.717, 1.165) is 37.0 Å². The van der Waals surface area contributed by atoms with Gasteiger partial charge in [0.25, 0.3) is 0 Å². The summed E-state index contributed by atoms with van der Waals surface area (Å²) in [7, 11) is -1.11. The molecule has 0 saturated carbocycles. The van der Waals surface area contributed by atoms with Crippen molar-refractivity contribution in [3.8, 4) is 11.3 Å². The zero-order valence-electron chi connectivity index (χ0n) is 12.1. The van der Waals surface area contributed by atoms with Crippen LogP contribution in [0.25, 0.3) is 22.3 Å². The van der Waals surface area contributed by atoms with Crippen LogP contribution in [-0.4, -0.2) is 10.5 Å². The second kappa shape index (κ2) is 5.43. The highest BCUT2D eigenvalue weighted by atomic mass is 79.9. The van der Waals surface area contributed by atoms with Crippen LogP contribution in [0.2, 0.25) is 0 Å². The largest absolute Gasteiger partial charge is 0.454 e. The number of benzene rings is 2. The highest BCUT2D eigenvalue weighted by Gasteiger charge is 2.20. The molecular formula is C17H15BrO2S. The van der Waals surface area contributed by atoms with E-state index in [0.29, 0.717) is 5.76 Å². The third-order valence-corrected chi connectivity index (χ3v) is 4.98. The van der Waals surface area contributed by atoms with Crippen LogP contribution in [-0.2, 0) is 10.8 Å². The van der Waals surface area contributed by atoms with E-state index in [2.05, 4.69) is 22.0 Å². The molecule has 1 atom stereocenters. The third kappa shape index (κ3) is 2.58. The summed E-state index contributed by atoms with van der Waals surface area (Å²) in [6, 6.07) is 12.0. The highest BCUT2D eigenvalue weighted by molar-refractivity contribution is 9.10. The number of rotatable bonds is 2. The van der Waals surface area contributed by atoms with Gasteiger partial charge in [0.15, 0.2) is 5.76 Å². The van der Waals surface area contributed by atoms with Gasteiger partial charge in [-0.25, -0.2) is 0 Å². The maximum atomic E-state index is 12.2. The normalized spacial score (nSPS) is 12.8. The topological polar surface area (TPSA) is 30.2 Å². The average Bonchev–Trinajstić information content (AvgIpc) is 2.79. The van der Waals surface area contributed by atoms with E-state index in [4.69, 9.17) is 4.42 Å². The summed E-state index contributed by atoms with van der Waals surface area (Å²) in [5.41, 5.74) is 3.98. The number of hydrogen-bond donors (Lipinski definition) is 0. The van der Waals surface area contributed by atoms with Crippen LogP contribution in [0.4, 0.5) is 0 Å². The number of furan rings is 1. The van der Waals surface area contributed by atoms with Crippen LogP contribution in [0.15, 0.2) is 50.2 Å². The molecule has 0 bridgehead atoms. The lowest BCUT2D eigenvalue weighted by Crippen LogP contribution is -1.89. The molecule has 2 aromatic carbocycles. The van der Waals surface area contributed by atoms with Gasteiger partial charge < -0.3 is 4.42 Å². The van der Waals surface area contributed by atoms with E-state index in [9.17, 15) is 4.21 Å². The molecule has 1 heterocycles. The third-order valence-electron chi connectivity index (χ3n) is 3.47. The van der Waals surface area contributed by atoms with E-state index in [-0.39, 0.29) is 0 Å². The Balaban J connectivity index is 2.37. The molecule has 0 N–H and O–H groups in total. The summed E-state index contributed by atoms with van der Waals surface area (Å²) in [6.07, 6.45) is 1.70. The van der Waals surface area contributed by atoms with Crippen LogP contribution in [0.1, 0.15) is 11.1 Å². The van der Waals surface area contributed by atoms with E-state index in [1.54, 1.807) is 6.26 Å². The molecule has 0 radical (unpaired) electrons. The van der Waals surface area contributed by atoms with Crippen LogP contribution < -0.4 is 0 Å². The van der Waals surface area contributed by atoms with Crippen molar-refractivity contribution in [3.63, 3.8) is 0 Å². The molecule has 1 aromatic heterocycles. The molecule has 4 heteroatoms. The molecule has 0 saturated heterocycles. The molecule has 2 nitrogen and oxygen atoms in total. The number of hydrogen-bond acceptors (Lipinski definition) is 2. The van der Waals surface area contributed by atoms with Gasteiger partial charge in [0, 0.05) is 21.7 Å². The lowest BCUT2D eigenvalue weighted by molar-refractivity contribution is 0.620. The Labute approximate surface area is 134 Å². The Morgan fingerprint density at radius 1 is 1.10 bits per heavy atom. The van der Waals surface area contributed by atoms with Gasteiger partial charge in [0.1, 0.15) is 5.58 Å². The monoisotopic (exact) mass is 362 g/mol. The first kappa shape index (κ1) is 14.5. The van der Waals surface area contributed by atoms with Gasteiger partial charge in [-0.15, -0.1) is 0 Å². The molecule has 3 aromatic rings. The van der Waals surface area contributed by atoms with E-state index < -0.39 is 10.8 Å². The summed E-state index contributed by atoms with van der Waals surface area (Å²) in [4.78, 5) is 0.777. The van der Waals surface area contributed by atoms with Gasteiger partial charge in [0.2, 0.25) is 0 Å². The fraction of sp³-hybridized carbons (Fsp3) is 0.176. The van der Waals surface area contributed by atoms with E-state index in [1.165, 1.54) is 0 Å². The fourth-order valence-electron chi connectivity index (χ4n) is 2.61. The number of halogens is 1. The molecule has 0 aliphatic carbocycles. The number of aryl methyl sites for hydroxylation is 2. The summed E-state index contributed by atoms with van der Waals surface area (Å²) >= 11 is 3.43. The summed E-state index contributed by atoms with van der Waals surface area (Å²) in [5, 5.41) is 0.950. The minimum absolute atomic E-state index is 0.701. The quantitative estimate of drug-likeness (QED) is 0.625. The van der Waals surface area contributed by atoms with Gasteiger partial charge in [-0.2, -0.15) is 0 Å². The average molecular weight is 363 g/mol. The number of fused-ring (bicyclic) bond motifs is 1. The van der Waals surface area contributed by atoms with Crippen molar-refractivity contribution in [1.29, 1.82) is 0 Å². The highest BCUT2D eigenvalue weighted by Crippen LogP contribution is 2.37. The van der Waals surface area contributed by atoms with E-state index in [1.807, 2.05) is 44.2 Å². The Bertz CT molecular complexity index is 847. The predicted octanol–water partition coefficient (Wildman–Crippen LogP) is 5.22. The fourth-order valence-corrected chi connectivity index (χ4v) is 3.75. The van der Waals surface area contributed by atoms with Gasteiger partial charge in [0.05, 0.1) is 15.7 Å². The van der Waals surface area contributed by atoms with Gasteiger partial charge in [-0.1, -0.05) is 34.1 Å². The second-order valence-corrected chi connectivity index (χ2v) is 7.41. The van der Waals surface area contributed by atoms with Gasteiger partial charge >= 0.3 is 0 Å². The Morgan fingerprint density at radius 3 is 2.38 bits per heavy atom. The molecular weight excluding hydrogens is 348 g/mol. The van der Waals surface area contributed by atoms with E-state index >= 15 is 0 Å². The summed E-state index contributed by atoms with van der Waals surface area (Å²) < 4.78 is 19.3. The first-order valence-corrected chi connectivity index (χ1v) is 8.95. The maximum Gasteiger partial charge on any atom is 0.151 e. The van der Waals surface area contributed by atoms with Crippen LogP contribution >= 0.6 is 15.9 Å². The molecule has 0 aliphatic rings. The van der Waals surface area contributed by atoms with Crippen molar-refractivity contribution in [2.75, 3.05) is 6.26 Å². The Kier molecular flexibility index (Phi) is 3.76. The zero-order valence-corrected chi connectivity index (χ0v) is 14.5. The predicted molar refractivity (Wildman–Crippen MR) is 91.2 cm³/mol. The molecule has 0 unspecified atom stereocenters. The van der Waals surface area contributed by atoms with Crippen molar-refractivity contribution >= 4 is 37.7 Å². The molecule has 21 heavy (non-hydrogen) atoms. The minimum atomic E-state index is -1.11. The molecule has 108 valence electrons. The first-order chi connectivity index (χ1) is 9.97. The molecule has 3 rings (SSSR count). The second-order valence-electron chi connectivity index (χ2n) is 5.18. The lowest BCUT2D eigenvalue weighted by Gasteiger charge is -2.01. The van der Waals surface area contributed by atoms with Crippen LogP contribution in [0.3, 0.4) is 0 Å². The maximum absolute atomic E-state index is 12.2. The molecule has 0 aliphatic heterocycles. The first-order valence-electron chi connectivity index (χ1n) is 6.60. The Hall–Kier alpha value is -1.39. The Morgan fingerprint density at radius 2 is 1.76 bits per heavy atom. The summed E-state index contributed by atoms with van der Waals surface area (Å²) in [5.74, 6) is 0.701. The van der Waals surface area contributed by atoms with Crippen molar-refractivity contribution in [1.82, 2.24) is 0 Å². The lowest BCUT2D eigenvalue weighted by atomic mass is 10.1. The molecule has 0 amide bonds. The van der Waals surface area contributed by atoms with Gasteiger partial charge in [-0.3, -0.25) is 4.21 Å². The van der Waals surface area contributed by atoms with Crippen LogP contribution in [0.5, 0.6) is 0 Å². The SMILES string of the molecule is Cc1cc(C)c2oc(-c3ccc(Br)cc3)c([S@@](C)=O)c2c1. The van der Waals surface area contributed by atoms with Crippen molar-refractivity contribution in [2.45, 2.75) is 18.7 Å². The minimum Gasteiger partial charge on any atom is -0.454 e. The van der Waals surface area contributed by atoms with Crippen molar-refractivity contribution < 1.29 is 8.63 Å².